The van der Waals surface area contributed by atoms with Crippen LogP contribution >= 0.6 is 11.6 Å². The van der Waals surface area contributed by atoms with Gasteiger partial charge in [0.2, 0.25) is 6.41 Å². The lowest BCUT2D eigenvalue weighted by Gasteiger charge is -2.23. The molecule has 0 bridgehead atoms. The van der Waals surface area contributed by atoms with Crippen molar-refractivity contribution in [1.82, 2.24) is 14.9 Å². The van der Waals surface area contributed by atoms with Gasteiger partial charge < -0.3 is 10.1 Å². The van der Waals surface area contributed by atoms with Crippen LogP contribution in [0.3, 0.4) is 0 Å². The molecule has 0 saturated heterocycles. The van der Waals surface area contributed by atoms with Crippen LogP contribution in [-0.4, -0.2) is 28.7 Å². The Balaban J connectivity index is 2.18. The third-order valence-electron chi connectivity index (χ3n) is 3.42. The molecule has 0 aromatic carbocycles. The van der Waals surface area contributed by atoms with E-state index in [0.29, 0.717) is 23.7 Å². The number of fused-ring (bicyclic) bond motifs is 1. The lowest BCUT2D eigenvalue weighted by Crippen LogP contribution is -2.32. The van der Waals surface area contributed by atoms with Gasteiger partial charge in [-0.3, -0.25) is 4.79 Å². The summed E-state index contributed by atoms with van der Waals surface area (Å²) in [7, 11) is 0. The van der Waals surface area contributed by atoms with E-state index in [1.165, 1.54) is 0 Å². The first-order valence-corrected chi connectivity index (χ1v) is 7.00. The number of amides is 1. The number of pyridine rings is 1. The molecule has 0 aliphatic heterocycles. The first-order valence-electron chi connectivity index (χ1n) is 6.63. The van der Waals surface area contributed by atoms with Gasteiger partial charge in [-0.15, -0.1) is 0 Å². The molecule has 2 aromatic heterocycles. The molecule has 2 unspecified atom stereocenters. The van der Waals surface area contributed by atoms with Crippen LogP contribution in [-0.2, 0) is 4.79 Å². The fourth-order valence-electron chi connectivity index (χ4n) is 2.21. The highest BCUT2D eigenvalue weighted by atomic mass is 35.5. The normalized spacial score (nSPS) is 13.9. The van der Waals surface area contributed by atoms with Crippen LogP contribution in [0.25, 0.3) is 5.52 Å². The van der Waals surface area contributed by atoms with Gasteiger partial charge in [0.1, 0.15) is 17.4 Å². The molecule has 2 heterocycles. The molecule has 20 heavy (non-hydrogen) atoms. The standard InChI is InChI=1S/C14H18ClN3O2/c1-3-11(7-16-9-19)10(2)20-13-5-4-6-18-14(13)12(15)8-17-18/h4-6,8-11H,3,7H2,1-2H3,(H,16,19). The van der Waals surface area contributed by atoms with E-state index in [-0.39, 0.29) is 12.0 Å². The van der Waals surface area contributed by atoms with Gasteiger partial charge in [-0.2, -0.15) is 5.10 Å². The van der Waals surface area contributed by atoms with Gasteiger partial charge >= 0.3 is 0 Å². The summed E-state index contributed by atoms with van der Waals surface area (Å²) in [6, 6.07) is 3.74. The zero-order valence-electron chi connectivity index (χ0n) is 11.5. The molecule has 0 spiro atoms. The van der Waals surface area contributed by atoms with Crippen LogP contribution < -0.4 is 10.1 Å². The molecule has 6 heteroatoms. The molecule has 1 amide bonds. The highest BCUT2D eigenvalue weighted by molar-refractivity contribution is 6.34. The molecule has 0 saturated carbocycles. The maximum Gasteiger partial charge on any atom is 0.207 e. The molecule has 1 N–H and O–H groups in total. The van der Waals surface area contributed by atoms with Crippen molar-refractivity contribution in [1.29, 1.82) is 0 Å². The van der Waals surface area contributed by atoms with Gasteiger partial charge in [0.25, 0.3) is 0 Å². The zero-order chi connectivity index (χ0) is 14.5. The molecule has 5 nitrogen and oxygen atoms in total. The van der Waals surface area contributed by atoms with Gasteiger partial charge in [0, 0.05) is 18.7 Å². The van der Waals surface area contributed by atoms with Crippen molar-refractivity contribution in [2.24, 2.45) is 5.92 Å². The van der Waals surface area contributed by atoms with E-state index in [0.717, 1.165) is 11.9 Å². The summed E-state index contributed by atoms with van der Waals surface area (Å²) in [6.07, 6.45) is 5.01. The predicted octanol–water partition coefficient (Wildman–Crippen LogP) is 2.53. The Hall–Kier alpha value is -1.75. The fourth-order valence-corrected chi connectivity index (χ4v) is 2.43. The topological polar surface area (TPSA) is 55.6 Å². The van der Waals surface area contributed by atoms with E-state index in [4.69, 9.17) is 16.3 Å². The number of hydrogen-bond donors (Lipinski definition) is 1. The van der Waals surface area contributed by atoms with Crippen molar-refractivity contribution >= 4 is 23.5 Å². The summed E-state index contributed by atoms with van der Waals surface area (Å²) in [5.41, 5.74) is 0.763. The Kier molecular flexibility index (Phi) is 4.84. The maximum absolute atomic E-state index is 10.4. The van der Waals surface area contributed by atoms with Gasteiger partial charge in [-0.05, 0) is 25.5 Å². The minimum Gasteiger partial charge on any atom is -0.488 e. The molecule has 0 fully saturated rings. The zero-order valence-corrected chi connectivity index (χ0v) is 12.3. The third-order valence-corrected chi connectivity index (χ3v) is 3.70. The van der Waals surface area contributed by atoms with Crippen molar-refractivity contribution in [3.05, 3.63) is 29.5 Å². The Morgan fingerprint density at radius 2 is 2.40 bits per heavy atom. The third kappa shape index (κ3) is 3.04. The summed E-state index contributed by atoms with van der Waals surface area (Å²) in [5.74, 6) is 0.939. The van der Waals surface area contributed by atoms with Crippen molar-refractivity contribution in [2.75, 3.05) is 6.54 Å². The van der Waals surface area contributed by atoms with Gasteiger partial charge in [-0.25, -0.2) is 4.52 Å². The highest BCUT2D eigenvalue weighted by Crippen LogP contribution is 2.28. The van der Waals surface area contributed by atoms with E-state index in [1.807, 2.05) is 25.3 Å². The lowest BCUT2D eigenvalue weighted by atomic mass is 10.0. The Labute approximate surface area is 122 Å². The summed E-state index contributed by atoms with van der Waals surface area (Å²) in [6.45, 7) is 4.66. The number of nitrogens with one attached hydrogen (secondary N) is 1. The summed E-state index contributed by atoms with van der Waals surface area (Å²) in [5, 5.41) is 7.41. The van der Waals surface area contributed by atoms with Gasteiger partial charge in [0.15, 0.2) is 0 Å². The molecule has 2 rings (SSSR count). The molecular weight excluding hydrogens is 278 g/mol. The average Bonchev–Trinajstić information content (AvgIpc) is 2.82. The number of hydrogen-bond acceptors (Lipinski definition) is 3. The first kappa shape index (κ1) is 14.7. The van der Waals surface area contributed by atoms with E-state index < -0.39 is 0 Å². The van der Waals surface area contributed by atoms with Crippen molar-refractivity contribution in [3.63, 3.8) is 0 Å². The number of halogens is 1. The van der Waals surface area contributed by atoms with E-state index >= 15 is 0 Å². The Bertz CT molecular complexity index is 585. The maximum atomic E-state index is 10.4. The smallest absolute Gasteiger partial charge is 0.207 e. The molecule has 0 radical (unpaired) electrons. The molecule has 108 valence electrons. The largest absolute Gasteiger partial charge is 0.488 e. The van der Waals surface area contributed by atoms with Crippen LogP contribution in [0, 0.1) is 5.92 Å². The Morgan fingerprint density at radius 3 is 3.10 bits per heavy atom. The summed E-state index contributed by atoms with van der Waals surface area (Å²) < 4.78 is 7.71. The van der Waals surface area contributed by atoms with Crippen LogP contribution in [0.1, 0.15) is 20.3 Å². The summed E-state index contributed by atoms with van der Waals surface area (Å²) in [4.78, 5) is 10.4. The number of nitrogens with zero attached hydrogens (tertiary/aromatic N) is 2. The second-order valence-electron chi connectivity index (χ2n) is 4.68. The van der Waals surface area contributed by atoms with E-state index in [9.17, 15) is 4.79 Å². The molecular formula is C14H18ClN3O2. The molecule has 2 atom stereocenters. The summed E-state index contributed by atoms with van der Waals surface area (Å²) >= 11 is 6.14. The second-order valence-corrected chi connectivity index (χ2v) is 5.08. The van der Waals surface area contributed by atoms with Crippen molar-refractivity contribution in [2.45, 2.75) is 26.4 Å². The molecule has 0 aliphatic carbocycles. The van der Waals surface area contributed by atoms with Crippen molar-refractivity contribution < 1.29 is 9.53 Å². The quantitative estimate of drug-likeness (QED) is 0.799. The van der Waals surface area contributed by atoms with Gasteiger partial charge in [-0.1, -0.05) is 18.5 Å². The highest BCUT2D eigenvalue weighted by Gasteiger charge is 2.19. The van der Waals surface area contributed by atoms with E-state index in [2.05, 4.69) is 17.3 Å². The Morgan fingerprint density at radius 1 is 1.60 bits per heavy atom. The first-order chi connectivity index (χ1) is 9.67. The van der Waals surface area contributed by atoms with Crippen LogP contribution in [0.2, 0.25) is 5.02 Å². The fraction of sp³-hybridized carbons (Fsp3) is 0.429. The number of rotatable bonds is 7. The van der Waals surface area contributed by atoms with Crippen LogP contribution in [0.15, 0.2) is 24.5 Å². The molecule has 0 aliphatic rings. The monoisotopic (exact) mass is 295 g/mol. The number of ether oxygens (including phenoxy) is 1. The average molecular weight is 296 g/mol. The second kappa shape index (κ2) is 6.61. The number of aromatic nitrogens is 2. The lowest BCUT2D eigenvalue weighted by molar-refractivity contribution is -0.109. The minimum atomic E-state index is -0.0374. The van der Waals surface area contributed by atoms with Crippen molar-refractivity contribution in [3.8, 4) is 5.75 Å². The van der Waals surface area contributed by atoms with Crippen LogP contribution in [0.4, 0.5) is 0 Å². The minimum absolute atomic E-state index is 0.0374. The number of carbonyl (C=O) groups is 1. The SMILES string of the molecule is CCC(CNC=O)C(C)Oc1cccn2ncc(Cl)c12. The number of carbonyl (C=O) groups excluding carboxylic acids is 1. The molecule has 2 aromatic rings. The van der Waals surface area contributed by atoms with Crippen LogP contribution in [0.5, 0.6) is 5.75 Å². The van der Waals surface area contributed by atoms with E-state index in [1.54, 1.807) is 10.7 Å². The predicted molar refractivity (Wildman–Crippen MR) is 78.1 cm³/mol. The van der Waals surface area contributed by atoms with Gasteiger partial charge in [0.05, 0.1) is 11.2 Å².